The van der Waals surface area contributed by atoms with Gasteiger partial charge in [-0.05, 0) is 17.9 Å². The van der Waals surface area contributed by atoms with Crippen molar-refractivity contribution < 1.29 is 0 Å². The molecule has 2 rings (SSSR count). The maximum atomic E-state index is 4.58. The van der Waals surface area contributed by atoms with Crippen LogP contribution in [-0.4, -0.2) is 20.8 Å². The van der Waals surface area contributed by atoms with Crippen molar-refractivity contribution in [2.75, 3.05) is 5.75 Å². The highest BCUT2D eigenvalue weighted by Crippen LogP contribution is 2.20. The molecule has 0 aliphatic rings. The zero-order valence-electron chi connectivity index (χ0n) is 8.83. The fraction of sp³-hybridized carbons (Fsp3) is 0.182. The summed E-state index contributed by atoms with van der Waals surface area (Å²) in [6.07, 6.45) is 5.29. The smallest absolute Gasteiger partial charge is 0.148 e. The Morgan fingerprint density at radius 1 is 1.38 bits per heavy atom. The van der Waals surface area contributed by atoms with Crippen LogP contribution in [0, 0.1) is 0 Å². The first-order valence-electron chi connectivity index (χ1n) is 4.91. The third-order valence-corrected chi connectivity index (χ3v) is 3.55. The quantitative estimate of drug-likeness (QED) is 0.618. The van der Waals surface area contributed by atoms with Gasteiger partial charge in [0.05, 0.1) is 5.69 Å². The van der Waals surface area contributed by atoms with Crippen LogP contribution in [0.25, 0.3) is 0 Å². The highest BCUT2D eigenvalue weighted by Gasteiger charge is 2.06. The summed E-state index contributed by atoms with van der Waals surface area (Å²) in [5.41, 5.74) is 0.918. The number of pyridine rings is 1. The minimum atomic E-state index is 0.918. The molecule has 0 amide bonds. The predicted octanol–water partition coefficient (Wildman–Crippen LogP) is 3.37. The predicted molar refractivity (Wildman–Crippen MR) is 70.7 cm³/mol. The van der Waals surface area contributed by atoms with Gasteiger partial charge in [0.2, 0.25) is 0 Å². The molecule has 3 nitrogen and oxygen atoms in total. The lowest BCUT2D eigenvalue weighted by atomic mass is 10.4. The van der Waals surface area contributed by atoms with Gasteiger partial charge in [-0.25, -0.2) is 9.98 Å². The summed E-state index contributed by atoms with van der Waals surface area (Å²) in [5.74, 6) is 0.990. The van der Waals surface area contributed by atoms with Gasteiger partial charge in [0.25, 0.3) is 0 Å². The summed E-state index contributed by atoms with van der Waals surface area (Å²) < 4.78 is 0. The molecule has 2 aromatic rings. The van der Waals surface area contributed by atoms with Gasteiger partial charge in [-0.1, -0.05) is 6.92 Å². The van der Waals surface area contributed by atoms with E-state index in [0.717, 1.165) is 21.5 Å². The topological polar surface area (TPSA) is 38.1 Å². The molecule has 0 aliphatic carbocycles. The van der Waals surface area contributed by atoms with E-state index in [1.54, 1.807) is 41.7 Å². The summed E-state index contributed by atoms with van der Waals surface area (Å²) in [7, 11) is 0. The fourth-order valence-electron chi connectivity index (χ4n) is 1.14. The minimum Gasteiger partial charge on any atom is -0.265 e. The molecule has 82 valence electrons. The number of rotatable bonds is 3. The Morgan fingerprint density at radius 3 is 2.81 bits per heavy atom. The van der Waals surface area contributed by atoms with Crippen LogP contribution >= 0.6 is 23.1 Å². The molecular formula is C11H11N3S2. The lowest BCUT2D eigenvalue weighted by Crippen LogP contribution is -1.94. The molecule has 0 bridgehead atoms. The van der Waals surface area contributed by atoms with Crippen LogP contribution in [0.15, 0.2) is 41.1 Å². The van der Waals surface area contributed by atoms with E-state index < -0.39 is 0 Å². The van der Waals surface area contributed by atoms with E-state index in [9.17, 15) is 0 Å². The van der Waals surface area contributed by atoms with Crippen molar-refractivity contribution in [3.8, 4) is 0 Å². The number of aromatic nitrogens is 2. The summed E-state index contributed by atoms with van der Waals surface area (Å²) in [5, 5.41) is 3.92. The van der Waals surface area contributed by atoms with E-state index in [-0.39, 0.29) is 0 Å². The first-order chi connectivity index (χ1) is 7.90. The van der Waals surface area contributed by atoms with E-state index in [0.29, 0.717) is 0 Å². The van der Waals surface area contributed by atoms with Crippen LogP contribution < -0.4 is 0 Å². The van der Waals surface area contributed by atoms with Crippen LogP contribution in [0.5, 0.6) is 0 Å². The van der Waals surface area contributed by atoms with E-state index in [4.69, 9.17) is 0 Å². The van der Waals surface area contributed by atoms with Crippen LogP contribution in [0.4, 0.5) is 5.69 Å². The summed E-state index contributed by atoms with van der Waals surface area (Å²) in [6.45, 7) is 2.11. The van der Waals surface area contributed by atoms with E-state index in [1.165, 1.54) is 0 Å². The number of hydrogen-bond acceptors (Lipinski definition) is 5. The molecule has 0 N–H and O–H groups in total. The Balaban J connectivity index is 2.30. The Labute approximate surface area is 103 Å². The monoisotopic (exact) mass is 249 g/mol. The number of nitrogens with zero attached hydrogens (tertiary/aromatic N) is 3. The molecule has 0 radical (unpaired) electrons. The summed E-state index contributed by atoms with van der Waals surface area (Å²) in [4.78, 5) is 12.8. The highest BCUT2D eigenvalue weighted by atomic mass is 32.2. The Morgan fingerprint density at radius 2 is 2.19 bits per heavy atom. The SMILES string of the molecule is CCSC(=Nc1ccncc1)c1nccs1. The molecular weight excluding hydrogens is 238 g/mol. The zero-order valence-corrected chi connectivity index (χ0v) is 10.5. The Hall–Kier alpha value is -1.20. The standard InChI is InChI=1S/C11H11N3S2/c1-2-15-11(10-13-7-8-16-10)14-9-3-5-12-6-4-9/h3-8H,2H2,1H3. The molecule has 2 heterocycles. The second kappa shape index (κ2) is 5.77. The van der Waals surface area contributed by atoms with Gasteiger partial charge in [-0.2, -0.15) is 0 Å². The average molecular weight is 249 g/mol. The summed E-state index contributed by atoms with van der Waals surface area (Å²) in [6, 6.07) is 3.79. The van der Waals surface area contributed by atoms with Crippen molar-refractivity contribution >= 4 is 33.8 Å². The van der Waals surface area contributed by atoms with Crippen molar-refractivity contribution in [2.45, 2.75) is 6.92 Å². The van der Waals surface area contributed by atoms with Crippen LogP contribution in [0.3, 0.4) is 0 Å². The van der Waals surface area contributed by atoms with Gasteiger partial charge >= 0.3 is 0 Å². The van der Waals surface area contributed by atoms with Crippen LogP contribution in [0.2, 0.25) is 0 Å². The van der Waals surface area contributed by atoms with Crippen molar-refractivity contribution in [2.24, 2.45) is 4.99 Å². The number of thioether (sulfide) groups is 1. The highest BCUT2D eigenvalue weighted by molar-refractivity contribution is 8.14. The van der Waals surface area contributed by atoms with E-state index in [1.807, 2.05) is 17.5 Å². The van der Waals surface area contributed by atoms with Crippen molar-refractivity contribution in [3.63, 3.8) is 0 Å². The van der Waals surface area contributed by atoms with Gasteiger partial charge in [0, 0.05) is 24.0 Å². The van der Waals surface area contributed by atoms with Gasteiger partial charge in [0.15, 0.2) is 0 Å². The summed E-state index contributed by atoms with van der Waals surface area (Å²) >= 11 is 3.32. The Kier molecular flexibility index (Phi) is 4.07. The molecule has 0 saturated carbocycles. The fourth-order valence-corrected chi connectivity index (χ4v) is 2.60. The molecule has 0 fully saturated rings. The molecule has 0 aromatic carbocycles. The largest absolute Gasteiger partial charge is 0.265 e. The van der Waals surface area contributed by atoms with Gasteiger partial charge in [0.1, 0.15) is 10.1 Å². The molecule has 0 saturated heterocycles. The second-order valence-corrected chi connectivity index (χ2v) is 5.04. The van der Waals surface area contributed by atoms with Crippen LogP contribution in [0.1, 0.15) is 11.9 Å². The lowest BCUT2D eigenvalue weighted by molar-refractivity contribution is 1.31. The Bertz CT molecular complexity index is 451. The molecule has 5 heteroatoms. The van der Waals surface area contributed by atoms with Crippen molar-refractivity contribution in [1.29, 1.82) is 0 Å². The van der Waals surface area contributed by atoms with Crippen LogP contribution in [-0.2, 0) is 0 Å². The van der Waals surface area contributed by atoms with Gasteiger partial charge in [-0.15, -0.1) is 23.1 Å². The number of thiazole rings is 1. The molecule has 16 heavy (non-hydrogen) atoms. The third kappa shape index (κ3) is 2.90. The van der Waals surface area contributed by atoms with E-state index >= 15 is 0 Å². The first kappa shape index (κ1) is 11.3. The molecule has 2 aromatic heterocycles. The average Bonchev–Trinajstić information content (AvgIpc) is 2.83. The van der Waals surface area contributed by atoms with Gasteiger partial charge < -0.3 is 0 Å². The normalized spacial score (nSPS) is 11.7. The van der Waals surface area contributed by atoms with Crippen molar-refractivity contribution in [1.82, 2.24) is 9.97 Å². The first-order valence-corrected chi connectivity index (χ1v) is 6.78. The third-order valence-electron chi connectivity index (χ3n) is 1.79. The molecule has 0 unspecified atom stereocenters. The van der Waals surface area contributed by atoms with E-state index in [2.05, 4.69) is 21.9 Å². The molecule has 0 atom stereocenters. The number of hydrogen-bond donors (Lipinski definition) is 0. The second-order valence-electron chi connectivity index (χ2n) is 2.89. The maximum absolute atomic E-state index is 4.58. The minimum absolute atomic E-state index is 0.918. The zero-order chi connectivity index (χ0) is 11.2. The maximum Gasteiger partial charge on any atom is 0.148 e. The molecule has 0 aliphatic heterocycles. The van der Waals surface area contributed by atoms with Crippen molar-refractivity contribution in [3.05, 3.63) is 41.1 Å². The lowest BCUT2D eigenvalue weighted by Gasteiger charge is -2.00. The van der Waals surface area contributed by atoms with Gasteiger partial charge in [-0.3, -0.25) is 4.98 Å². The number of aliphatic imine (C=N–C) groups is 1. The molecule has 0 spiro atoms.